The molecule has 1 N–H and O–H groups in total. The Morgan fingerprint density at radius 1 is 1.16 bits per heavy atom. The Morgan fingerprint density at radius 2 is 1.92 bits per heavy atom. The van der Waals surface area contributed by atoms with E-state index in [0.717, 1.165) is 10.7 Å². The molecule has 3 rings (SSSR count). The zero-order chi connectivity index (χ0) is 17.6. The molecule has 0 fully saturated rings. The second-order valence-corrected chi connectivity index (χ2v) is 7.03. The van der Waals surface area contributed by atoms with Crippen molar-refractivity contribution < 1.29 is 14.3 Å². The number of aromatic nitrogens is 1. The third kappa shape index (κ3) is 4.37. The minimum Gasteiger partial charge on any atom is -0.497 e. The number of benzene rings is 1. The van der Waals surface area contributed by atoms with Crippen LogP contribution in [0.25, 0.3) is 9.88 Å². The fraction of sp³-hybridized carbons (Fsp3) is 0.222. The van der Waals surface area contributed by atoms with Gasteiger partial charge in [0, 0.05) is 30.0 Å². The van der Waals surface area contributed by atoms with Gasteiger partial charge in [0.15, 0.2) is 0 Å². The van der Waals surface area contributed by atoms with Crippen LogP contribution in [0.2, 0.25) is 0 Å². The Morgan fingerprint density at radius 3 is 2.56 bits per heavy atom. The monoisotopic (exact) mass is 374 g/mol. The maximum Gasteiger partial charge on any atom is 0.251 e. The average Bonchev–Trinajstić information content (AvgIpc) is 3.32. The molecule has 130 valence electrons. The largest absolute Gasteiger partial charge is 0.497 e. The van der Waals surface area contributed by atoms with Crippen LogP contribution in [0.1, 0.15) is 16.1 Å². The van der Waals surface area contributed by atoms with Gasteiger partial charge in [-0.2, -0.15) is 0 Å². The molecule has 0 aliphatic heterocycles. The summed E-state index contributed by atoms with van der Waals surface area (Å²) in [6.07, 6.45) is 0.689. The molecule has 0 bridgehead atoms. The van der Waals surface area contributed by atoms with Gasteiger partial charge in [-0.15, -0.1) is 22.7 Å². The van der Waals surface area contributed by atoms with E-state index in [1.54, 1.807) is 55.1 Å². The van der Waals surface area contributed by atoms with Crippen LogP contribution < -0.4 is 14.8 Å². The van der Waals surface area contributed by atoms with Crippen molar-refractivity contribution in [2.24, 2.45) is 0 Å². The Bertz CT molecular complexity index is 822. The summed E-state index contributed by atoms with van der Waals surface area (Å²) in [5.41, 5.74) is 1.49. The van der Waals surface area contributed by atoms with Gasteiger partial charge in [-0.1, -0.05) is 6.07 Å². The van der Waals surface area contributed by atoms with Gasteiger partial charge in [-0.25, -0.2) is 4.98 Å². The molecular weight excluding hydrogens is 356 g/mol. The van der Waals surface area contributed by atoms with Gasteiger partial charge in [-0.05, 0) is 23.6 Å². The first kappa shape index (κ1) is 17.4. The van der Waals surface area contributed by atoms with Crippen LogP contribution in [0.15, 0.2) is 41.1 Å². The molecule has 0 aliphatic rings. The van der Waals surface area contributed by atoms with Crippen LogP contribution in [0, 0.1) is 0 Å². The minimum atomic E-state index is -0.161. The molecule has 7 heteroatoms. The van der Waals surface area contributed by atoms with Crippen LogP contribution in [0.4, 0.5) is 0 Å². The van der Waals surface area contributed by atoms with Gasteiger partial charge >= 0.3 is 0 Å². The lowest BCUT2D eigenvalue weighted by Crippen LogP contribution is -2.25. The highest BCUT2D eigenvalue weighted by molar-refractivity contribution is 7.20. The van der Waals surface area contributed by atoms with Crippen molar-refractivity contribution in [1.29, 1.82) is 0 Å². The predicted octanol–water partition coefficient (Wildman–Crippen LogP) is 3.86. The Hall–Kier alpha value is -2.38. The fourth-order valence-corrected chi connectivity index (χ4v) is 3.95. The smallest absolute Gasteiger partial charge is 0.251 e. The highest BCUT2D eigenvalue weighted by Crippen LogP contribution is 2.27. The first-order valence-corrected chi connectivity index (χ1v) is 9.45. The Labute approximate surface area is 154 Å². The molecule has 2 aromatic heterocycles. The van der Waals surface area contributed by atoms with Crippen molar-refractivity contribution in [3.63, 3.8) is 0 Å². The zero-order valence-corrected chi connectivity index (χ0v) is 15.6. The maximum absolute atomic E-state index is 12.3. The van der Waals surface area contributed by atoms with Crippen molar-refractivity contribution in [2.75, 3.05) is 20.8 Å². The Balaban J connectivity index is 1.58. The van der Waals surface area contributed by atoms with Crippen LogP contribution >= 0.6 is 22.7 Å². The number of ether oxygens (including phenoxy) is 2. The number of hydrogen-bond donors (Lipinski definition) is 1. The first-order valence-electron chi connectivity index (χ1n) is 7.69. The van der Waals surface area contributed by atoms with E-state index in [4.69, 9.17) is 9.47 Å². The van der Waals surface area contributed by atoms with Crippen molar-refractivity contribution in [1.82, 2.24) is 10.3 Å². The fourth-order valence-electron chi connectivity index (χ4n) is 2.28. The Kier molecular flexibility index (Phi) is 5.67. The lowest BCUT2D eigenvalue weighted by Gasteiger charge is -2.09. The number of carbonyl (C=O) groups excluding carboxylic acids is 1. The van der Waals surface area contributed by atoms with Crippen LogP contribution in [-0.2, 0) is 6.42 Å². The van der Waals surface area contributed by atoms with E-state index in [2.05, 4.69) is 16.4 Å². The number of carbonyl (C=O) groups is 1. The number of amides is 1. The van der Waals surface area contributed by atoms with E-state index in [-0.39, 0.29) is 5.91 Å². The normalized spacial score (nSPS) is 10.5. The summed E-state index contributed by atoms with van der Waals surface area (Å²) in [5, 5.41) is 8.01. The van der Waals surface area contributed by atoms with Gasteiger partial charge in [0.1, 0.15) is 16.5 Å². The summed E-state index contributed by atoms with van der Waals surface area (Å²) in [6.45, 7) is 0.520. The minimum absolute atomic E-state index is 0.161. The second kappa shape index (κ2) is 8.13. The van der Waals surface area contributed by atoms with Gasteiger partial charge < -0.3 is 14.8 Å². The van der Waals surface area contributed by atoms with E-state index >= 15 is 0 Å². The molecule has 0 saturated heterocycles. The van der Waals surface area contributed by atoms with E-state index < -0.39 is 0 Å². The SMILES string of the molecule is COc1cc(OC)cc(C(=O)NCCc2csc(-c3cccs3)n2)c1. The molecule has 0 spiro atoms. The summed E-state index contributed by atoms with van der Waals surface area (Å²) >= 11 is 3.30. The van der Waals surface area contributed by atoms with Crippen LogP contribution in [0.5, 0.6) is 11.5 Å². The molecule has 1 aromatic carbocycles. The standard InChI is InChI=1S/C18H18N2O3S2/c1-22-14-8-12(9-15(10-14)23-2)17(21)19-6-5-13-11-25-18(20-13)16-4-3-7-24-16/h3-4,7-11H,5-6H2,1-2H3,(H,19,21). The van der Waals surface area contributed by atoms with Crippen molar-refractivity contribution in [3.8, 4) is 21.4 Å². The van der Waals surface area contributed by atoms with E-state index in [1.165, 1.54) is 4.88 Å². The summed E-state index contributed by atoms with van der Waals surface area (Å²) in [4.78, 5) is 18.1. The summed E-state index contributed by atoms with van der Waals surface area (Å²) < 4.78 is 10.4. The van der Waals surface area contributed by atoms with E-state index in [0.29, 0.717) is 30.0 Å². The number of methoxy groups -OCH3 is 2. The van der Waals surface area contributed by atoms with Crippen molar-refractivity contribution in [2.45, 2.75) is 6.42 Å². The number of rotatable bonds is 7. The number of thiophene rings is 1. The molecule has 5 nitrogen and oxygen atoms in total. The average molecular weight is 374 g/mol. The highest BCUT2D eigenvalue weighted by Gasteiger charge is 2.10. The van der Waals surface area contributed by atoms with Gasteiger partial charge in [0.2, 0.25) is 0 Å². The van der Waals surface area contributed by atoms with Gasteiger partial charge in [-0.3, -0.25) is 4.79 Å². The maximum atomic E-state index is 12.3. The molecule has 2 heterocycles. The van der Waals surface area contributed by atoms with Crippen molar-refractivity contribution >= 4 is 28.6 Å². The van der Waals surface area contributed by atoms with Crippen LogP contribution in [0.3, 0.4) is 0 Å². The zero-order valence-electron chi connectivity index (χ0n) is 13.9. The molecular formula is C18H18N2O3S2. The number of nitrogens with zero attached hydrogens (tertiary/aromatic N) is 1. The third-order valence-corrected chi connectivity index (χ3v) is 5.49. The van der Waals surface area contributed by atoms with E-state index in [1.807, 2.05) is 16.8 Å². The number of nitrogens with one attached hydrogen (secondary N) is 1. The summed E-state index contributed by atoms with van der Waals surface area (Å²) in [5.74, 6) is 1.01. The lowest BCUT2D eigenvalue weighted by atomic mass is 10.2. The summed E-state index contributed by atoms with van der Waals surface area (Å²) in [7, 11) is 3.12. The molecule has 0 radical (unpaired) electrons. The van der Waals surface area contributed by atoms with Crippen LogP contribution in [-0.4, -0.2) is 31.7 Å². The predicted molar refractivity (Wildman–Crippen MR) is 101 cm³/mol. The molecule has 0 aliphatic carbocycles. The quantitative estimate of drug-likeness (QED) is 0.682. The number of hydrogen-bond acceptors (Lipinski definition) is 6. The second-order valence-electron chi connectivity index (χ2n) is 5.23. The number of thiazole rings is 1. The molecule has 0 saturated carbocycles. The molecule has 0 unspecified atom stereocenters. The molecule has 25 heavy (non-hydrogen) atoms. The molecule has 0 atom stereocenters. The first-order chi connectivity index (χ1) is 12.2. The molecule has 3 aromatic rings. The topological polar surface area (TPSA) is 60.5 Å². The lowest BCUT2D eigenvalue weighted by molar-refractivity contribution is 0.0953. The van der Waals surface area contributed by atoms with E-state index in [9.17, 15) is 4.79 Å². The highest BCUT2D eigenvalue weighted by atomic mass is 32.1. The van der Waals surface area contributed by atoms with Crippen molar-refractivity contribution in [3.05, 3.63) is 52.3 Å². The summed E-state index contributed by atoms with van der Waals surface area (Å²) in [6, 6.07) is 9.19. The molecule has 1 amide bonds. The van der Waals surface area contributed by atoms with Gasteiger partial charge in [0.25, 0.3) is 5.91 Å². The van der Waals surface area contributed by atoms with Gasteiger partial charge in [0.05, 0.1) is 24.8 Å². The third-order valence-electron chi connectivity index (χ3n) is 3.56.